The van der Waals surface area contributed by atoms with Gasteiger partial charge in [-0.05, 0) is 82.0 Å². The molecule has 1 fully saturated rings. The first-order valence-corrected chi connectivity index (χ1v) is 22.1. The minimum absolute atomic E-state index is 0.0121. The van der Waals surface area contributed by atoms with Crippen LogP contribution in [0.4, 0.5) is 22.7 Å². The molecule has 1 saturated heterocycles. The van der Waals surface area contributed by atoms with E-state index < -0.39 is 4.92 Å². The second-order valence-electron chi connectivity index (χ2n) is 14.5. The van der Waals surface area contributed by atoms with E-state index in [2.05, 4.69) is 142 Å². The van der Waals surface area contributed by atoms with E-state index in [0.717, 1.165) is 13.1 Å². The van der Waals surface area contributed by atoms with Gasteiger partial charge in [-0.1, -0.05) is 53.6 Å². The van der Waals surface area contributed by atoms with Crippen LogP contribution in [0.25, 0.3) is 5.57 Å². The van der Waals surface area contributed by atoms with Crippen molar-refractivity contribution >= 4 is 48.3 Å². The van der Waals surface area contributed by atoms with Gasteiger partial charge in [0, 0.05) is 48.4 Å². The average Bonchev–Trinajstić information content (AvgIpc) is 3.83. The van der Waals surface area contributed by atoms with Crippen molar-refractivity contribution in [1.82, 2.24) is 0 Å². The Balaban J connectivity index is 0.000000149. The Labute approximate surface area is 353 Å². The van der Waals surface area contributed by atoms with Crippen molar-refractivity contribution < 1.29 is 25.7 Å². The molecule has 2 aliphatic rings. The number of fused-ring (bicyclic) bond motifs is 1. The first kappa shape index (κ1) is 41.9. The number of aromatic hydroxyl groups is 1. The molecule has 0 bridgehead atoms. The van der Waals surface area contributed by atoms with Crippen molar-refractivity contribution in [2.75, 3.05) is 22.9 Å². The number of hydrogen-bond donors (Lipinski definition) is 1. The topological polar surface area (TPSA) is 82.2 Å². The van der Waals surface area contributed by atoms with Gasteiger partial charge in [0.25, 0.3) is 5.69 Å². The van der Waals surface area contributed by atoms with Crippen LogP contribution in [-0.2, 0) is 15.7 Å². The van der Waals surface area contributed by atoms with E-state index in [9.17, 15) is 15.2 Å². The van der Waals surface area contributed by atoms with Crippen molar-refractivity contribution in [2.24, 2.45) is 4.99 Å². The van der Waals surface area contributed by atoms with Gasteiger partial charge in [-0.15, -0.1) is 0 Å². The normalized spacial score (nSPS) is 13.9. The summed E-state index contributed by atoms with van der Waals surface area (Å²) >= 11 is -0.218. The quantitative estimate of drug-likeness (QED) is 0.0593. The Kier molecular flexibility index (Phi) is 13.9. The van der Waals surface area contributed by atoms with E-state index in [1.165, 1.54) is 89.5 Å². The van der Waals surface area contributed by atoms with Crippen LogP contribution in [0.5, 0.6) is 5.75 Å². The van der Waals surface area contributed by atoms with Crippen molar-refractivity contribution in [2.45, 2.75) is 41.5 Å². The molecule has 6 aromatic rings. The third-order valence-electron chi connectivity index (χ3n) is 9.93. The summed E-state index contributed by atoms with van der Waals surface area (Å²) in [4.78, 5) is 19.0. The Morgan fingerprint density at radius 3 is 1.79 bits per heavy atom. The number of allylic oxidation sites excluding steroid dienone is 1. The van der Waals surface area contributed by atoms with E-state index >= 15 is 0 Å². The van der Waals surface area contributed by atoms with Gasteiger partial charge in [-0.25, -0.2) is 0 Å². The van der Waals surface area contributed by atoms with Gasteiger partial charge in [-0.3, -0.25) is 15.1 Å². The number of nitrogens with zero attached hydrogens (tertiary/aromatic N) is 4. The standard InChI is InChI=1S/C21H27N2.C15H10.C13H10N2O3.ClH.Ru/c1-14-9-16(3)20(17(4)10-14)22-7-8-23(13-22)21-18(5)11-15(2)12-19(21)6;1-2-6-12(7-3-1)15-11-10-13-8-4-5-9-14(13)15;16-13-7-2-1-4-10(13)9-14-11-5-3-6-12(8-11)15(17)18;;/h9-13H,7-8H2,1-6H3;1-9,11H;1-9,16H;1H;/q-1;;;;+1/p-1. The first-order valence-electron chi connectivity index (χ1n) is 19.0. The van der Waals surface area contributed by atoms with Crippen molar-refractivity contribution in [3.05, 3.63) is 206 Å². The van der Waals surface area contributed by atoms with E-state index in [0.29, 0.717) is 11.3 Å². The summed E-state index contributed by atoms with van der Waals surface area (Å²) < 4.78 is 1.30. The number of para-hydroxylation sites is 1. The second-order valence-corrected chi connectivity index (χ2v) is 16.5. The van der Waals surface area contributed by atoms with Crippen LogP contribution in [0.15, 0.2) is 138 Å². The number of phenols is 1. The molecule has 58 heavy (non-hydrogen) atoms. The van der Waals surface area contributed by atoms with Gasteiger partial charge in [0.05, 0.1) is 10.6 Å². The third kappa shape index (κ3) is 10.1. The zero-order valence-electron chi connectivity index (χ0n) is 33.6. The van der Waals surface area contributed by atoms with Gasteiger partial charge in [0.15, 0.2) is 0 Å². The molecule has 0 atom stereocenters. The van der Waals surface area contributed by atoms with Crippen LogP contribution in [0.1, 0.15) is 55.6 Å². The van der Waals surface area contributed by atoms with E-state index in [4.69, 9.17) is 9.69 Å². The summed E-state index contributed by atoms with van der Waals surface area (Å²) in [6.07, 6.45) is 3.71. The molecule has 0 spiro atoms. The molecule has 1 heterocycles. The van der Waals surface area contributed by atoms with E-state index in [-0.39, 0.29) is 27.1 Å². The van der Waals surface area contributed by atoms with E-state index in [1.54, 1.807) is 36.4 Å². The molecule has 0 unspecified atom stereocenters. The number of rotatable bonds is 6. The monoisotopic (exact) mass is 876 g/mol. The number of benzene rings is 6. The number of nitro groups is 1. The van der Waals surface area contributed by atoms with Crippen molar-refractivity contribution in [3.8, 4) is 5.75 Å². The zero-order chi connectivity index (χ0) is 41.3. The molecule has 297 valence electrons. The number of halogens is 1. The number of hydrogen-bond acceptors (Lipinski definition) is 6. The number of nitro benzene ring substituents is 1. The van der Waals surface area contributed by atoms with Gasteiger partial charge in [-0.2, -0.15) is 6.67 Å². The Morgan fingerprint density at radius 1 is 0.707 bits per heavy atom. The molecule has 0 aromatic heterocycles. The molecule has 9 heteroatoms. The average molecular weight is 876 g/mol. The molecule has 0 radical (unpaired) electrons. The number of aliphatic imine (C=N–C) groups is 1. The zero-order valence-corrected chi connectivity index (χ0v) is 36.0. The summed E-state index contributed by atoms with van der Waals surface area (Å²) in [5.41, 5.74) is 17.0. The summed E-state index contributed by atoms with van der Waals surface area (Å²) in [5.74, 6) is 0.117. The number of anilines is 2. The molecule has 0 amide bonds. The summed E-state index contributed by atoms with van der Waals surface area (Å²) in [7, 11) is 6.10. The SMILES string of the molecule is Cc1cc(C)c(N2[CH-]N(c3c(C)cc(C)cc3C)CC2)c(C)c1.O=[N+]([O-])c1cccc(N=Cc2ccccc2O)c1.[Cl][Ru]=[C]1C=C(c2ccccc2)c2ccccc21. The van der Waals surface area contributed by atoms with Gasteiger partial charge < -0.3 is 14.9 Å². The van der Waals surface area contributed by atoms with Crippen molar-refractivity contribution in [1.29, 1.82) is 0 Å². The molecular weight excluding hydrogens is 829 g/mol. The molecule has 6 aromatic carbocycles. The predicted molar refractivity (Wildman–Crippen MR) is 239 cm³/mol. The fourth-order valence-electron chi connectivity index (χ4n) is 7.63. The van der Waals surface area contributed by atoms with Crippen LogP contribution >= 0.6 is 9.69 Å². The number of non-ortho nitro benzene ring substituents is 1. The third-order valence-corrected chi connectivity index (χ3v) is 11.9. The molecule has 0 saturated carbocycles. The summed E-state index contributed by atoms with van der Waals surface area (Å²) in [6.45, 7) is 17.6. The maximum absolute atomic E-state index is 10.6. The van der Waals surface area contributed by atoms with E-state index in [1.807, 2.05) is 6.07 Å². The Hall–Kier alpha value is -5.69. The summed E-state index contributed by atoms with van der Waals surface area (Å²) in [6, 6.07) is 40.8. The van der Waals surface area contributed by atoms with Gasteiger partial charge in [0.1, 0.15) is 5.75 Å². The van der Waals surface area contributed by atoms with Crippen LogP contribution in [0.2, 0.25) is 0 Å². The number of phenolic OH excluding ortho intramolecular Hbond substituents is 1. The van der Waals surface area contributed by atoms with Crippen LogP contribution in [0, 0.1) is 58.3 Å². The maximum atomic E-state index is 10.6. The van der Waals surface area contributed by atoms with Crippen molar-refractivity contribution in [3.63, 3.8) is 0 Å². The first-order chi connectivity index (χ1) is 27.9. The van der Waals surface area contributed by atoms with Gasteiger partial charge >= 0.3 is 112 Å². The van der Waals surface area contributed by atoms with Crippen LogP contribution < -0.4 is 9.80 Å². The Morgan fingerprint density at radius 2 is 1.24 bits per heavy atom. The second kappa shape index (κ2) is 19.2. The number of aryl methyl sites for hydroxylation is 6. The molecule has 7 nitrogen and oxygen atoms in total. The summed E-state index contributed by atoms with van der Waals surface area (Å²) in [5, 5.41) is 20.1. The molecule has 1 N–H and O–H groups in total. The molecule has 8 rings (SSSR count). The van der Waals surface area contributed by atoms with Crippen LogP contribution in [0.3, 0.4) is 0 Å². The fraction of sp³-hybridized carbons (Fsp3) is 0.163. The van der Waals surface area contributed by atoms with Crippen LogP contribution in [-0.4, -0.2) is 33.4 Å². The predicted octanol–water partition coefficient (Wildman–Crippen LogP) is 11.9. The Bertz CT molecular complexity index is 2420. The molecule has 1 aliphatic heterocycles. The minimum atomic E-state index is -0.473. The molecule has 1 aliphatic carbocycles. The molecular formula is C49H47ClN4O3Ru-. The fourth-order valence-corrected chi connectivity index (χ4v) is 9.18. The van der Waals surface area contributed by atoms with Gasteiger partial charge in [0.2, 0.25) is 0 Å².